The number of hydrogen-bond acceptors (Lipinski definition) is 3. The average Bonchev–Trinajstić information content (AvgIpc) is 3.04. The van der Waals surface area contributed by atoms with Crippen LogP contribution >= 0.6 is 0 Å². The molecule has 1 aromatic heterocycles. The number of hydrogen-bond donors (Lipinski definition) is 0. The van der Waals surface area contributed by atoms with Gasteiger partial charge in [0.1, 0.15) is 12.1 Å². The van der Waals surface area contributed by atoms with Crippen LogP contribution in [0.4, 0.5) is 5.82 Å². The zero-order chi connectivity index (χ0) is 11.9. The second-order valence-corrected chi connectivity index (χ2v) is 5.10. The Kier molecular flexibility index (Phi) is 2.13. The molecule has 3 nitrogen and oxygen atoms in total. The molecule has 0 unspecified atom stereocenters. The van der Waals surface area contributed by atoms with E-state index in [1.807, 2.05) is 0 Å². The average molecular weight is 237 g/mol. The Morgan fingerprint density at radius 2 is 1.72 bits per heavy atom. The normalized spacial score (nSPS) is 16.8. The highest BCUT2D eigenvalue weighted by Crippen LogP contribution is 2.33. The minimum Gasteiger partial charge on any atom is -0.348 e. The predicted octanol–water partition coefficient (Wildman–Crippen LogP) is 2.49. The SMILES string of the molecule is c1ccc2c(c1)CN(c1ncnc3c1CCC3)C2. The Hall–Kier alpha value is -1.90. The van der Waals surface area contributed by atoms with Gasteiger partial charge in [-0.3, -0.25) is 0 Å². The summed E-state index contributed by atoms with van der Waals surface area (Å²) in [7, 11) is 0. The van der Waals surface area contributed by atoms with Gasteiger partial charge in [-0.05, 0) is 30.4 Å². The topological polar surface area (TPSA) is 29.0 Å². The van der Waals surface area contributed by atoms with Gasteiger partial charge in [-0.25, -0.2) is 9.97 Å². The highest BCUT2D eigenvalue weighted by molar-refractivity contribution is 5.54. The molecular weight excluding hydrogens is 222 g/mol. The van der Waals surface area contributed by atoms with E-state index in [0.29, 0.717) is 0 Å². The quantitative estimate of drug-likeness (QED) is 0.763. The summed E-state index contributed by atoms with van der Waals surface area (Å²) in [5.41, 5.74) is 5.51. The second kappa shape index (κ2) is 3.80. The predicted molar refractivity (Wildman–Crippen MR) is 70.4 cm³/mol. The van der Waals surface area contributed by atoms with E-state index in [9.17, 15) is 0 Å². The molecule has 0 spiro atoms. The first kappa shape index (κ1) is 10.1. The molecule has 0 atom stereocenters. The number of nitrogens with zero attached hydrogens (tertiary/aromatic N) is 3. The summed E-state index contributed by atoms with van der Waals surface area (Å²) in [6.45, 7) is 1.97. The lowest BCUT2D eigenvalue weighted by Crippen LogP contribution is -2.18. The number of rotatable bonds is 1. The Bertz CT molecular complexity index is 581. The summed E-state index contributed by atoms with van der Waals surface area (Å²) in [4.78, 5) is 11.3. The van der Waals surface area contributed by atoms with E-state index in [2.05, 4.69) is 39.1 Å². The van der Waals surface area contributed by atoms with Gasteiger partial charge in [-0.2, -0.15) is 0 Å². The Morgan fingerprint density at radius 1 is 0.944 bits per heavy atom. The largest absolute Gasteiger partial charge is 0.348 e. The lowest BCUT2D eigenvalue weighted by Gasteiger charge is -2.19. The van der Waals surface area contributed by atoms with Gasteiger partial charge < -0.3 is 4.90 Å². The van der Waals surface area contributed by atoms with Gasteiger partial charge >= 0.3 is 0 Å². The van der Waals surface area contributed by atoms with Crippen molar-refractivity contribution in [3.8, 4) is 0 Å². The number of aryl methyl sites for hydroxylation is 1. The van der Waals surface area contributed by atoms with Gasteiger partial charge in [0, 0.05) is 24.3 Å². The molecule has 0 saturated heterocycles. The zero-order valence-electron chi connectivity index (χ0n) is 10.3. The van der Waals surface area contributed by atoms with Crippen molar-refractivity contribution in [2.45, 2.75) is 32.4 Å². The smallest absolute Gasteiger partial charge is 0.136 e. The van der Waals surface area contributed by atoms with Crippen molar-refractivity contribution in [1.82, 2.24) is 9.97 Å². The van der Waals surface area contributed by atoms with Crippen LogP contribution in [-0.4, -0.2) is 9.97 Å². The molecule has 1 aliphatic carbocycles. The van der Waals surface area contributed by atoms with E-state index in [1.54, 1.807) is 6.33 Å². The highest BCUT2D eigenvalue weighted by Gasteiger charge is 2.25. The Balaban J connectivity index is 1.73. The first-order valence-electron chi connectivity index (χ1n) is 6.56. The van der Waals surface area contributed by atoms with Crippen LogP contribution in [0.5, 0.6) is 0 Å². The fraction of sp³-hybridized carbons (Fsp3) is 0.333. The maximum atomic E-state index is 4.53. The summed E-state index contributed by atoms with van der Waals surface area (Å²) in [6, 6.07) is 8.67. The van der Waals surface area contributed by atoms with E-state index in [-0.39, 0.29) is 0 Å². The van der Waals surface area contributed by atoms with E-state index in [4.69, 9.17) is 0 Å². The molecule has 1 aliphatic heterocycles. The van der Waals surface area contributed by atoms with Crippen LogP contribution in [0.1, 0.15) is 28.8 Å². The van der Waals surface area contributed by atoms with Crippen molar-refractivity contribution in [1.29, 1.82) is 0 Å². The monoisotopic (exact) mass is 237 g/mol. The van der Waals surface area contributed by atoms with Gasteiger partial charge in [0.2, 0.25) is 0 Å². The van der Waals surface area contributed by atoms with Gasteiger partial charge in [0.25, 0.3) is 0 Å². The molecule has 0 amide bonds. The lowest BCUT2D eigenvalue weighted by atomic mass is 10.1. The number of aromatic nitrogens is 2. The molecule has 0 N–H and O–H groups in total. The summed E-state index contributed by atoms with van der Waals surface area (Å²) in [5, 5.41) is 0. The number of benzene rings is 1. The third-order valence-electron chi connectivity index (χ3n) is 3.99. The fourth-order valence-electron chi connectivity index (χ4n) is 3.10. The van der Waals surface area contributed by atoms with Crippen LogP contribution in [0.25, 0.3) is 0 Å². The lowest BCUT2D eigenvalue weighted by molar-refractivity contribution is 0.835. The first-order chi connectivity index (χ1) is 8.92. The van der Waals surface area contributed by atoms with Gasteiger partial charge in [0.15, 0.2) is 0 Å². The number of anilines is 1. The van der Waals surface area contributed by atoms with Gasteiger partial charge in [0.05, 0.1) is 0 Å². The molecule has 0 bridgehead atoms. The molecule has 4 rings (SSSR count). The Labute approximate surface area is 107 Å². The maximum absolute atomic E-state index is 4.53. The van der Waals surface area contributed by atoms with Gasteiger partial charge in [-0.15, -0.1) is 0 Å². The molecule has 2 heterocycles. The van der Waals surface area contributed by atoms with Crippen LogP contribution in [0.3, 0.4) is 0 Å². The van der Waals surface area contributed by atoms with E-state index >= 15 is 0 Å². The second-order valence-electron chi connectivity index (χ2n) is 5.10. The Morgan fingerprint density at radius 3 is 2.50 bits per heavy atom. The summed E-state index contributed by atoms with van der Waals surface area (Å²) < 4.78 is 0. The molecule has 90 valence electrons. The summed E-state index contributed by atoms with van der Waals surface area (Å²) in [5.74, 6) is 1.16. The van der Waals surface area contributed by atoms with Crippen LogP contribution in [0.15, 0.2) is 30.6 Å². The van der Waals surface area contributed by atoms with Crippen LogP contribution in [-0.2, 0) is 25.9 Å². The molecule has 1 aromatic carbocycles. The number of fused-ring (bicyclic) bond motifs is 2. The van der Waals surface area contributed by atoms with E-state index in [1.165, 1.54) is 28.8 Å². The molecule has 2 aliphatic rings. The van der Waals surface area contributed by atoms with Crippen LogP contribution in [0.2, 0.25) is 0 Å². The molecule has 0 saturated carbocycles. The molecule has 3 heteroatoms. The summed E-state index contributed by atoms with van der Waals surface area (Å²) in [6.07, 6.45) is 5.20. The standard InChI is InChI=1S/C15H15N3/c1-2-5-12-9-18(8-11(12)4-1)15-13-6-3-7-14(13)16-10-17-15/h1-2,4-5,10H,3,6-9H2. The van der Waals surface area contributed by atoms with Crippen molar-refractivity contribution in [2.75, 3.05) is 4.90 Å². The molecule has 0 radical (unpaired) electrons. The maximum Gasteiger partial charge on any atom is 0.136 e. The van der Waals surface area contributed by atoms with E-state index < -0.39 is 0 Å². The van der Waals surface area contributed by atoms with Crippen molar-refractivity contribution in [3.63, 3.8) is 0 Å². The summed E-state index contributed by atoms with van der Waals surface area (Å²) >= 11 is 0. The minimum atomic E-state index is 0.986. The zero-order valence-corrected chi connectivity index (χ0v) is 10.3. The van der Waals surface area contributed by atoms with Crippen LogP contribution in [0, 0.1) is 0 Å². The molecule has 0 fully saturated rings. The highest BCUT2D eigenvalue weighted by atomic mass is 15.2. The fourth-order valence-corrected chi connectivity index (χ4v) is 3.10. The minimum absolute atomic E-state index is 0.986. The van der Waals surface area contributed by atoms with Crippen LogP contribution < -0.4 is 4.90 Å². The molecular formula is C15H15N3. The third-order valence-corrected chi connectivity index (χ3v) is 3.99. The van der Waals surface area contributed by atoms with Crippen molar-refractivity contribution in [3.05, 3.63) is 53.0 Å². The molecule has 2 aromatic rings. The van der Waals surface area contributed by atoms with Crippen molar-refractivity contribution >= 4 is 5.82 Å². The first-order valence-corrected chi connectivity index (χ1v) is 6.56. The third kappa shape index (κ3) is 1.43. The molecule has 18 heavy (non-hydrogen) atoms. The van der Waals surface area contributed by atoms with E-state index in [0.717, 1.165) is 31.7 Å². The van der Waals surface area contributed by atoms with Crippen molar-refractivity contribution in [2.24, 2.45) is 0 Å². The van der Waals surface area contributed by atoms with Gasteiger partial charge in [-0.1, -0.05) is 24.3 Å². The van der Waals surface area contributed by atoms with Crippen molar-refractivity contribution < 1.29 is 0 Å².